The highest BCUT2D eigenvalue weighted by atomic mass is 32.1. The Hall–Kier alpha value is -1.03. The highest BCUT2D eigenvalue weighted by molar-refractivity contribution is 7.80. The van der Waals surface area contributed by atoms with Crippen LogP contribution in [0.25, 0.3) is 5.65 Å². The molecule has 0 aliphatic heterocycles. The van der Waals surface area contributed by atoms with Gasteiger partial charge < -0.3 is 0 Å². The van der Waals surface area contributed by atoms with E-state index in [-0.39, 0.29) is 5.25 Å². The first-order valence-corrected chi connectivity index (χ1v) is 5.11. The lowest BCUT2D eigenvalue weighted by atomic mass is 10.2. The summed E-state index contributed by atoms with van der Waals surface area (Å²) in [6.07, 6.45) is 1.88. The summed E-state index contributed by atoms with van der Waals surface area (Å²) in [5, 5.41) is 4.57. The minimum absolute atomic E-state index is 0.191. The number of thiol groups is 1. The second-order valence-electron chi connectivity index (χ2n) is 3.53. The van der Waals surface area contributed by atoms with Gasteiger partial charge in [-0.2, -0.15) is 17.7 Å². The molecule has 0 N–H and O–H groups in total. The Morgan fingerprint density at radius 2 is 2.14 bits per heavy atom. The van der Waals surface area contributed by atoms with Gasteiger partial charge in [-0.3, -0.25) is 0 Å². The van der Waals surface area contributed by atoms with Crippen LogP contribution in [-0.4, -0.2) is 14.6 Å². The number of hydrogen-bond donors (Lipinski definition) is 1. The Kier molecular flexibility index (Phi) is 2.23. The van der Waals surface area contributed by atoms with Crippen molar-refractivity contribution in [3.05, 3.63) is 29.2 Å². The molecule has 0 saturated carbocycles. The van der Waals surface area contributed by atoms with Gasteiger partial charge in [0.2, 0.25) is 0 Å². The van der Waals surface area contributed by atoms with Crippen molar-refractivity contribution in [2.75, 3.05) is 0 Å². The highest BCUT2D eigenvalue weighted by Gasteiger charge is 2.09. The zero-order valence-electron chi connectivity index (χ0n) is 8.52. The second kappa shape index (κ2) is 3.28. The predicted octanol–water partition coefficient (Wildman–Crippen LogP) is 2.34. The van der Waals surface area contributed by atoms with Crippen LogP contribution in [0.15, 0.2) is 12.3 Å². The first-order chi connectivity index (χ1) is 6.59. The van der Waals surface area contributed by atoms with Crippen LogP contribution in [0, 0.1) is 13.8 Å². The van der Waals surface area contributed by atoms with Gasteiger partial charge in [-0.05, 0) is 20.8 Å². The Balaban J connectivity index is 2.74. The number of fused-ring (bicyclic) bond motifs is 1. The molecule has 74 valence electrons. The molecule has 0 aliphatic carbocycles. The van der Waals surface area contributed by atoms with Gasteiger partial charge in [0.25, 0.3) is 0 Å². The molecule has 14 heavy (non-hydrogen) atoms. The summed E-state index contributed by atoms with van der Waals surface area (Å²) < 4.78 is 1.87. The molecule has 2 rings (SSSR count). The van der Waals surface area contributed by atoms with Gasteiger partial charge >= 0.3 is 0 Å². The fourth-order valence-corrected chi connectivity index (χ4v) is 1.84. The maximum Gasteiger partial charge on any atom is 0.155 e. The molecule has 0 radical (unpaired) electrons. The smallest absolute Gasteiger partial charge is 0.155 e. The molecule has 1 atom stereocenters. The summed E-state index contributed by atoms with van der Waals surface area (Å²) >= 11 is 4.41. The number of rotatable bonds is 1. The van der Waals surface area contributed by atoms with Crippen LogP contribution < -0.4 is 0 Å². The fourth-order valence-electron chi connectivity index (χ4n) is 1.59. The van der Waals surface area contributed by atoms with Crippen molar-refractivity contribution in [2.24, 2.45) is 0 Å². The number of nitrogens with zero attached hydrogens (tertiary/aromatic N) is 3. The number of aryl methyl sites for hydroxylation is 2. The Morgan fingerprint density at radius 3 is 2.79 bits per heavy atom. The molecular formula is C10H13N3S. The predicted molar refractivity (Wildman–Crippen MR) is 59.9 cm³/mol. The summed E-state index contributed by atoms with van der Waals surface area (Å²) in [7, 11) is 0. The number of hydrogen-bond acceptors (Lipinski definition) is 3. The molecule has 3 nitrogen and oxygen atoms in total. The SMILES string of the molecule is Cc1cc2ncc(C(C)S)c(C)n2n1. The first-order valence-electron chi connectivity index (χ1n) is 4.59. The fraction of sp³-hybridized carbons (Fsp3) is 0.400. The maximum absolute atomic E-state index is 4.41. The molecule has 1 unspecified atom stereocenters. The molecule has 0 bridgehead atoms. The molecule has 0 fully saturated rings. The van der Waals surface area contributed by atoms with Gasteiger partial charge in [0, 0.05) is 28.8 Å². The average molecular weight is 207 g/mol. The van der Waals surface area contributed by atoms with E-state index in [0.717, 1.165) is 22.6 Å². The molecule has 0 spiro atoms. The normalized spacial score (nSPS) is 13.4. The third kappa shape index (κ3) is 1.39. The maximum atomic E-state index is 4.41. The lowest BCUT2D eigenvalue weighted by Gasteiger charge is -2.08. The van der Waals surface area contributed by atoms with Crippen molar-refractivity contribution in [1.82, 2.24) is 14.6 Å². The monoisotopic (exact) mass is 207 g/mol. The van der Waals surface area contributed by atoms with Crippen molar-refractivity contribution in [2.45, 2.75) is 26.0 Å². The summed E-state index contributed by atoms with van der Waals surface area (Å²) in [5.74, 6) is 0. The van der Waals surface area contributed by atoms with Crippen LogP contribution in [0.2, 0.25) is 0 Å². The van der Waals surface area contributed by atoms with Crippen molar-refractivity contribution in [1.29, 1.82) is 0 Å². The van der Waals surface area contributed by atoms with E-state index in [1.807, 2.05) is 37.5 Å². The lowest BCUT2D eigenvalue weighted by molar-refractivity contribution is 0.848. The average Bonchev–Trinajstić information content (AvgIpc) is 2.46. The molecule has 2 aromatic rings. The van der Waals surface area contributed by atoms with Gasteiger partial charge in [0.05, 0.1) is 5.69 Å². The molecule has 0 amide bonds. The van der Waals surface area contributed by atoms with E-state index >= 15 is 0 Å². The summed E-state index contributed by atoms with van der Waals surface area (Å²) in [4.78, 5) is 4.34. The Labute approximate surface area is 88.6 Å². The molecule has 0 aliphatic rings. The molecule has 4 heteroatoms. The third-order valence-corrected chi connectivity index (χ3v) is 2.61. The van der Waals surface area contributed by atoms with Crippen molar-refractivity contribution in [3.8, 4) is 0 Å². The lowest BCUT2D eigenvalue weighted by Crippen LogP contribution is -2.01. The van der Waals surface area contributed by atoms with E-state index < -0.39 is 0 Å². The molecule has 0 aromatic carbocycles. The van der Waals surface area contributed by atoms with Crippen molar-refractivity contribution >= 4 is 18.3 Å². The topological polar surface area (TPSA) is 30.2 Å². The van der Waals surface area contributed by atoms with Gasteiger partial charge in [0.1, 0.15) is 0 Å². The zero-order valence-corrected chi connectivity index (χ0v) is 9.42. The summed E-state index contributed by atoms with van der Waals surface area (Å²) in [6.45, 7) is 6.05. The van der Waals surface area contributed by atoms with Gasteiger partial charge in [0.15, 0.2) is 5.65 Å². The first kappa shape index (κ1) is 9.52. The van der Waals surface area contributed by atoms with Crippen LogP contribution in [0.4, 0.5) is 0 Å². The third-order valence-electron chi connectivity index (χ3n) is 2.33. The largest absolute Gasteiger partial charge is 0.237 e. The van der Waals surface area contributed by atoms with Crippen LogP contribution in [0.5, 0.6) is 0 Å². The van der Waals surface area contributed by atoms with E-state index in [1.165, 1.54) is 0 Å². The van der Waals surface area contributed by atoms with Crippen molar-refractivity contribution in [3.63, 3.8) is 0 Å². The van der Waals surface area contributed by atoms with E-state index in [4.69, 9.17) is 0 Å². The van der Waals surface area contributed by atoms with E-state index in [0.29, 0.717) is 0 Å². The molecule has 2 heterocycles. The summed E-state index contributed by atoms with van der Waals surface area (Å²) in [5.41, 5.74) is 4.14. The Bertz CT molecular complexity index is 473. The van der Waals surface area contributed by atoms with Crippen LogP contribution in [0.1, 0.15) is 29.1 Å². The molecular weight excluding hydrogens is 194 g/mol. The van der Waals surface area contributed by atoms with Gasteiger partial charge in [-0.25, -0.2) is 9.50 Å². The second-order valence-corrected chi connectivity index (χ2v) is 4.31. The molecule has 0 saturated heterocycles. The minimum atomic E-state index is 0.191. The molecule has 2 aromatic heterocycles. The van der Waals surface area contributed by atoms with Crippen LogP contribution in [-0.2, 0) is 0 Å². The van der Waals surface area contributed by atoms with Gasteiger partial charge in [-0.1, -0.05) is 0 Å². The Morgan fingerprint density at radius 1 is 1.43 bits per heavy atom. The van der Waals surface area contributed by atoms with Crippen molar-refractivity contribution < 1.29 is 0 Å². The summed E-state index contributed by atoms with van der Waals surface area (Å²) in [6, 6.07) is 1.97. The standard InChI is InChI=1S/C10H13N3S/c1-6-4-10-11-5-9(8(3)14)7(2)13(10)12-6/h4-5,8,14H,1-3H3. The van der Waals surface area contributed by atoms with E-state index in [9.17, 15) is 0 Å². The van der Waals surface area contributed by atoms with Crippen LogP contribution in [0.3, 0.4) is 0 Å². The minimum Gasteiger partial charge on any atom is -0.237 e. The van der Waals surface area contributed by atoms with Gasteiger partial charge in [-0.15, -0.1) is 0 Å². The zero-order chi connectivity index (χ0) is 10.3. The van der Waals surface area contributed by atoms with E-state index in [2.05, 4.69) is 22.7 Å². The number of aromatic nitrogens is 3. The quantitative estimate of drug-likeness (QED) is 0.727. The highest BCUT2D eigenvalue weighted by Crippen LogP contribution is 2.22. The van der Waals surface area contributed by atoms with Crippen LogP contribution >= 0.6 is 12.6 Å². The van der Waals surface area contributed by atoms with E-state index in [1.54, 1.807) is 0 Å².